The van der Waals surface area contributed by atoms with Crippen molar-refractivity contribution in [2.45, 2.75) is 84.5 Å². The Labute approximate surface area is 138 Å². The van der Waals surface area contributed by atoms with E-state index < -0.39 is 0 Å². The van der Waals surface area contributed by atoms with Gasteiger partial charge < -0.3 is 4.74 Å². The third kappa shape index (κ3) is 6.07. The highest BCUT2D eigenvalue weighted by Crippen LogP contribution is 2.42. The lowest BCUT2D eigenvalue weighted by molar-refractivity contribution is 0.150. The predicted octanol–water partition coefficient (Wildman–Crippen LogP) is 6.38. The molecule has 1 heteroatoms. The molecule has 0 aliphatic heterocycles. The molecule has 0 spiro atoms. The standard InChI is InChI=1S/C21H38O/c1-3-6-18-8-12-20(13-9-18)21-14-10-19(11-15-21)7-5-17-22-16-4-2/h5,7,18-21H,3-4,6,8-17H2,1-2H3/b7-5+/t18-,19?,20-,21?. The highest BCUT2D eigenvalue weighted by atomic mass is 16.5. The monoisotopic (exact) mass is 306 g/mol. The maximum atomic E-state index is 5.53. The zero-order valence-electron chi connectivity index (χ0n) is 15.1. The van der Waals surface area contributed by atoms with Crippen LogP contribution in [0.25, 0.3) is 0 Å². The molecule has 0 N–H and O–H groups in total. The maximum Gasteiger partial charge on any atom is 0.0647 e. The number of hydrogen-bond donors (Lipinski definition) is 0. The van der Waals surface area contributed by atoms with Gasteiger partial charge in [-0.05, 0) is 68.6 Å². The third-order valence-corrected chi connectivity index (χ3v) is 6.04. The van der Waals surface area contributed by atoms with Crippen molar-refractivity contribution in [3.05, 3.63) is 12.2 Å². The molecular weight excluding hydrogens is 268 g/mol. The van der Waals surface area contributed by atoms with Crippen LogP contribution in [0.5, 0.6) is 0 Å². The van der Waals surface area contributed by atoms with Crippen LogP contribution < -0.4 is 0 Å². The molecule has 2 rings (SSSR count). The first kappa shape index (κ1) is 18.0. The molecule has 0 amide bonds. The SMILES string of the molecule is CCCOC/C=C/C1CCC([C@H]2CC[C@H](CCC)CC2)CC1. The second kappa shape index (κ2) is 10.5. The van der Waals surface area contributed by atoms with Crippen LogP contribution in [0.3, 0.4) is 0 Å². The Balaban J connectivity index is 1.61. The third-order valence-electron chi connectivity index (χ3n) is 6.04. The summed E-state index contributed by atoms with van der Waals surface area (Å²) in [6.45, 7) is 6.22. The molecule has 2 aliphatic rings. The van der Waals surface area contributed by atoms with E-state index in [2.05, 4.69) is 26.0 Å². The van der Waals surface area contributed by atoms with Crippen LogP contribution in [-0.2, 0) is 4.74 Å². The van der Waals surface area contributed by atoms with Gasteiger partial charge in [-0.2, -0.15) is 0 Å². The Morgan fingerprint density at radius 2 is 1.45 bits per heavy atom. The average Bonchev–Trinajstić information content (AvgIpc) is 2.56. The van der Waals surface area contributed by atoms with Crippen LogP contribution in [0.15, 0.2) is 12.2 Å². The Morgan fingerprint density at radius 3 is 2.05 bits per heavy atom. The van der Waals surface area contributed by atoms with E-state index in [4.69, 9.17) is 4.74 Å². The smallest absolute Gasteiger partial charge is 0.0647 e. The van der Waals surface area contributed by atoms with Gasteiger partial charge in [-0.15, -0.1) is 0 Å². The molecule has 0 bridgehead atoms. The van der Waals surface area contributed by atoms with Gasteiger partial charge in [0.15, 0.2) is 0 Å². The topological polar surface area (TPSA) is 9.23 Å². The van der Waals surface area contributed by atoms with Crippen LogP contribution in [0.1, 0.15) is 84.5 Å². The Morgan fingerprint density at radius 1 is 0.818 bits per heavy atom. The minimum Gasteiger partial charge on any atom is -0.377 e. The summed E-state index contributed by atoms with van der Waals surface area (Å²) < 4.78 is 5.53. The molecule has 2 aliphatic carbocycles. The minimum atomic E-state index is 0.815. The summed E-state index contributed by atoms with van der Waals surface area (Å²) in [6, 6.07) is 0. The second-order valence-corrected chi connectivity index (χ2v) is 7.75. The molecule has 22 heavy (non-hydrogen) atoms. The number of allylic oxidation sites excluding steroid dienone is 1. The van der Waals surface area contributed by atoms with Gasteiger partial charge >= 0.3 is 0 Å². The molecule has 0 aromatic heterocycles. The lowest BCUT2D eigenvalue weighted by Crippen LogP contribution is -2.25. The molecule has 0 heterocycles. The largest absolute Gasteiger partial charge is 0.377 e. The molecule has 0 aromatic carbocycles. The van der Waals surface area contributed by atoms with Crippen molar-refractivity contribution in [1.82, 2.24) is 0 Å². The molecule has 2 saturated carbocycles. The van der Waals surface area contributed by atoms with Crippen molar-refractivity contribution >= 4 is 0 Å². The normalized spacial score (nSPS) is 33.4. The summed E-state index contributed by atoms with van der Waals surface area (Å²) in [5.41, 5.74) is 0. The van der Waals surface area contributed by atoms with E-state index in [0.29, 0.717) is 0 Å². The lowest BCUT2D eigenvalue weighted by atomic mass is 9.69. The first-order valence-electron chi connectivity index (χ1n) is 10.1. The molecule has 0 atom stereocenters. The van der Waals surface area contributed by atoms with Gasteiger partial charge in [0.05, 0.1) is 6.61 Å². The molecular formula is C21H38O. The fraction of sp³-hybridized carbons (Fsp3) is 0.905. The van der Waals surface area contributed by atoms with Crippen molar-refractivity contribution in [3.63, 3.8) is 0 Å². The fourth-order valence-corrected chi connectivity index (χ4v) is 4.71. The van der Waals surface area contributed by atoms with Crippen LogP contribution in [0.2, 0.25) is 0 Å². The molecule has 0 unspecified atom stereocenters. The molecule has 0 aromatic rings. The maximum absolute atomic E-state index is 5.53. The first-order valence-corrected chi connectivity index (χ1v) is 10.1. The van der Waals surface area contributed by atoms with Crippen molar-refractivity contribution in [3.8, 4) is 0 Å². The van der Waals surface area contributed by atoms with Gasteiger partial charge in [-0.3, -0.25) is 0 Å². The number of ether oxygens (including phenoxy) is 1. The van der Waals surface area contributed by atoms with E-state index in [1.165, 1.54) is 64.2 Å². The van der Waals surface area contributed by atoms with E-state index in [-0.39, 0.29) is 0 Å². The van der Waals surface area contributed by atoms with Gasteiger partial charge in [0.2, 0.25) is 0 Å². The zero-order chi connectivity index (χ0) is 15.6. The van der Waals surface area contributed by atoms with E-state index in [1.807, 2.05) is 0 Å². The Bertz CT molecular complexity index is 293. The first-order chi connectivity index (χ1) is 10.8. The van der Waals surface area contributed by atoms with Gasteiger partial charge in [0, 0.05) is 6.61 Å². The van der Waals surface area contributed by atoms with Crippen molar-refractivity contribution in [2.75, 3.05) is 13.2 Å². The van der Waals surface area contributed by atoms with Crippen LogP contribution >= 0.6 is 0 Å². The quantitative estimate of drug-likeness (QED) is 0.373. The summed E-state index contributed by atoms with van der Waals surface area (Å²) in [7, 11) is 0. The second-order valence-electron chi connectivity index (χ2n) is 7.75. The molecule has 128 valence electrons. The van der Waals surface area contributed by atoms with E-state index in [1.54, 1.807) is 0 Å². The highest BCUT2D eigenvalue weighted by molar-refractivity contribution is 4.92. The molecule has 0 saturated heterocycles. The van der Waals surface area contributed by atoms with Crippen molar-refractivity contribution in [2.24, 2.45) is 23.7 Å². The molecule has 2 fully saturated rings. The van der Waals surface area contributed by atoms with Crippen molar-refractivity contribution < 1.29 is 4.74 Å². The summed E-state index contributed by atoms with van der Waals surface area (Å²) in [5, 5.41) is 0. The molecule has 1 nitrogen and oxygen atoms in total. The summed E-state index contributed by atoms with van der Waals surface area (Å²) in [5.74, 6) is 4.00. The van der Waals surface area contributed by atoms with Gasteiger partial charge in [-0.1, -0.05) is 51.7 Å². The number of hydrogen-bond acceptors (Lipinski definition) is 1. The lowest BCUT2D eigenvalue weighted by Gasteiger charge is -2.37. The van der Waals surface area contributed by atoms with Crippen LogP contribution in [0.4, 0.5) is 0 Å². The number of rotatable bonds is 8. The zero-order valence-corrected chi connectivity index (χ0v) is 15.1. The minimum absolute atomic E-state index is 0.815. The summed E-state index contributed by atoms with van der Waals surface area (Å²) in [6.07, 6.45) is 20.6. The predicted molar refractivity (Wildman–Crippen MR) is 96.1 cm³/mol. The fourth-order valence-electron chi connectivity index (χ4n) is 4.71. The van der Waals surface area contributed by atoms with E-state index in [0.717, 1.165) is 43.3 Å². The van der Waals surface area contributed by atoms with Crippen molar-refractivity contribution in [1.29, 1.82) is 0 Å². The summed E-state index contributed by atoms with van der Waals surface area (Å²) >= 11 is 0. The van der Waals surface area contributed by atoms with Crippen LogP contribution in [0, 0.1) is 23.7 Å². The average molecular weight is 307 g/mol. The van der Waals surface area contributed by atoms with E-state index >= 15 is 0 Å². The van der Waals surface area contributed by atoms with Gasteiger partial charge in [0.25, 0.3) is 0 Å². The molecule has 0 radical (unpaired) electrons. The Hall–Kier alpha value is -0.300. The van der Waals surface area contributed by atoms with E-state index in [9.17, 15) is 0 Å². The highest BCUT2D eigenvalue weighted by Gasteiger charge is 2.29. The van der Waals surface area contributed by atoms with Crippen LogP contribution in [-0.4, -0.2) is 13.2 Å². The van der Waals surface area contributed by atoms with Gasteiger partial charge in [0.1, 0.15) is 0 Å². The van der Waals surface area contributed by atoms with Gasteiger partial charge in [-0.25, -0.2) is 0 Å². The summed E-state index contributed by atoms with van der Waals surface area (Å²) in [4.78, 5) is 0. The Kier molecular flexibility index (Phi) is 8.59.